The van der Waals surface area contributed by atoms with E-state index in [2.05, 4.69) is 26.9 Å². The van der Waals surface area contributed by atoms with Gasteiger partial charge in [0, 0.05) is 0 Å². The fourth-order valence-corrected chi connectivity index (χ4v) is 3.61. The summed E-state index contributed by atoms with van der Waals surface area (Å²) in [5, 5.41) is 13.9. The van der Waals surface area contributed by atoms with Crippen molar-refractivity contribution in [3.05, 3.63) is 65.5 Å². The molecule has 3 amide bonds. The number of aromatic nitrogens is 4. The lowest BCUT2D eigenvalue weighted by atomic mass is 9.91. The second kappa shape index (κ2) is 7.58. The maximum atomic E-state index is 13.1. The summed E-state index contributed by atoms with van der Waals surface area (Å²) in [5.41, 5.74) is 2.34. The Bertz CT molecular complexity index is 1080. The van der Waals surface area contributed by atoms with E-state index >= 15 is 0 Å². The first-order valence-corrected chi connectivity index (χ1v) is 9.56. The van der Waals surface area contributed by atoms with Crippen molar-refractivity contribution in [3.63, 3.8) is 0 Å². The molecule has 0 unspecified atom stereocenters. The van der Waals surface area contributed by atoms with E-state index < -0.39 is 11.6 Å². The van der Waals surface area contributed by atoms with E-state index in [1.54, 1.807) is 25.1 Å². The SMILES string of the molecule is Cc1cc(C)cc(OCCN2C(=O)N[C@@](C)(c3cccc(-n4cnnn4)c3)C2=O)c1. The molecule has 0 bridgehead atoms. The van der Waals surface area contributed by atoms with Gasteiger partial charge in [-0.05, 0) is 72.2 Å². The Kier molecular flexibility index (Phi) is 4.94. The highest BCUT2D eigenvalue weighted by Gasteiger charge is 2.48. The monoisotopic (exact) mass is 406 g/mol. The molecule has 154 valence electrons. The zero-order valence-electron chi connectivity index (χ0n) is 17.0. The maximum Gasteiger partial charge on any atom is 0.325 e. The first kappa shape index (κ1) is 19.6. The van der Waals surface area contributed by atoms with Gasteiger partial charge in [-0.2, -0.15) is 0 Å². The van der Waals surface area contributed by atoms with Crippen molar-refractivity contribution in [2.75, 3.05) is 13.2 Å². The molecule has 4 rings (SSSR count). The van der Waals surface area contributed by atoms with Crippen LogP contribution in [0.25, 0.3) is 5.69 Å². The molecule has 30 heavy (non-hydrogen) atoms. The predicted molar refractivity (Wildman–Crippen MR) is 108 cm³/mol. The lowest BCUT2D eigenvalue weighted by molar-refractivity contribution is -0.131. The zero-order valence-corrected chi connectivity index (χ0v) is 17.0. The molecule has 2 heterocycles. The van der Waals surface area contributed by atoms with Crippen LogP contribution in [0.1, 0.15) is 23.6 Å². The maximum absolute atomic E-state index is 13.1. The molecule has 9 nitrogen and oxygen atoms in total. The van der Waals surface area contributed by atoms with Gasteiger partial charge in [0.1, 0.15) is 24.2 Å². The summed E-state index contributed by atoms with van der Waals surface area (Å²) in [5.74, 6) is 0.391. The Morgan fingerprint density at radius 2 is 1.87 bits per heavy atom. The number of hydrogen-bond acceptors (Lipinski definition) is 6. The lowest BCUT2D eigenvalue weighted by Crippen LogP contribution is -2.41. The van der Waals surface area contributed by atoms with Crippen LogP contribution < -0.4 is 10.1 Å². The number of hydrogen-bond donors (Lipinski definition) is 1. The van der Waals surface area contributed by atoms with Gasteiger partial charge in [-0.15, -0.1) is 5.10 Å². The number of tetrazole rings is 1. The molecule has 1 N–H and O–H groups in total. The highest BCUT2D eigenvalue weighted by atomic mass is 16.5. The Morgan fingerprint density at radius 1 is 1.10 bits per heavy atom. The summed E-state index contributed by atoms with van der Waals surface area (Å²) in [7, 11) is 0. The van der Waals surface area contributed by atoms with E-state index in [1.807, 2.05) is 32.0 Å². The van der Waals surface area contributed by atoms with Gasteiger partial charge in [-0.3, -0.25) is 9.69 Å². The summed E-state index contributed by atoms with van der Waals surface area (Å²) in [6, 6.07) is 12.6. The standard InChI is InChI=1S/C21H22N6O3/c1-14-9-15(2)11-18(10-14)30-8-7-26-19(28)21(3,23-20(26)29)16-5-4-6-17(12-16)27-13-22-24-25-27/h4-6,9-13H,7-8H2,1-3H3,(H,23,29)/t21-/m0/s1. The topological polar surface area (TPSA) is 102 Å². The molecule has 1 atom stereocenters. The van der Waals surface area contributed by atoms with Crippen molar-refractivity contribution in [1.82, 2.24) is 30.4 Å². The van der Waals surface area contributed by atoms with Crippen molar-refractivity contribution >= 4 is 11.9 Å². The Morgan fingerprint density at radius 3 is 2.57 bits per heavy atom. The lowest BCUT2D eigenvalue weighted by Gasteiger charge is -2.23. The quantitative estimate of drug-likeness (QED) is 0.629. The van der Waals surface area contributed by atoms with E-state index in [0.717, 1.165) is 16.9 Å². The molecular formula is C21H22N6O3. The molecule has 9 heteroatoms. The second-order valence-electron chi connectivity index (χ2n) is 7.49. The van der Waals surface area contributed by atoms with Gasteiger partial charge >= 0.3 is 6.03 Å². The average Bonchev–Trinajstić information content (AvgIpc) is 3.31. The third-order valence-electron chi connectivity index (χ3n) is 5.09. The molecule has 0 saturated carbocycles. The fraction of sp³-hybridized carbons (Fsp3) is 0.286. The van der Waals surface area contributed by atoms with Crippen molar-refractivity contribution < 1.29 is 14.3 Å². The molecule has 1 aliphatic heterocycles. The minimum atomic E-state index is -1.18. The van der Waals surface area contributed by atoms with Crippen LogP contribution in [0.2, 0.25) is 0 Å². The van der Waals surface area contributed by atoms with E-state index in [0.29, 0.717) is 11.3 Å². The highest BCUT2D eigenvalue weighted by molar-refractivity contribution is 6.07. The minimum absolute atomic E-state index is 0.153. The fourth-order valence-electron chi connectivity index (χ4n) is 3.61. The van der Waals surface area contributed by atoms with Gasteiger partial charge in [0.05, 0.1) is 12.2 Å². The van der Waals surface area contributed by atoms with Gasteiger partial charge in [-0.25, -0.2) is 9.48 Å². The molecule has 1 aromatic heterocycles. The Hall–Kier alpha value is -3.75. The number of carbonyl (C=O) groups excluding carboxylic acids is 2. The van der Waals surface area contributed by atoms with Crippen LogP contribution >= 0.6 is 0 Å². The van der Waals surface area contributed by atoms with E-state index in [9.17, 15) is 9.59 Å². The highest BCUT2D eigenvalue weighted by Crippen LogP contribution is 2.30. The van der Waals surface area contributed by atoms with Gasteiger partial charge < -0.3 is 10.1 Å². The number of imide groups is 1. The normalized spacial score (nSPS) is 18.6. The molecule has 1 aliphatic rings. The number of urea groups is 1. The summed E-state index contributed by atoms with van der Waals surface area (Å²) >= 11 is 0. The summed E-state index contributed by atoms with van der Waals surface area (Å²) in [6.45, 7) is 6.04. The van der Waals surface area contributed by atoms with E-state index in [1.165, 1.54) is 15.9 Å². The molecule has 1 fully saturated rings. The largest absolute Gasteiger partial charge is 0.492 e. The molecule has 1 saturated heterocycles. The van der Waals surface area contributed by atoms with Crippen LogP contribution in [0.4, 0.5) is 4.79 Å². The molecule has 0 spiro atoms. The Balaban J connectivity index is 1.48. The number of benzene rings is 2. The van der Waals surface area contributed by atoms with Gasteiger partial charge in [0.2, 0.25) is 0 Å². The van der Waals surface area contributed by atoms with Crippen LogP contribution in [0.15, 0.2) is 48.8 Å². The summed E-state index contributed by atoms with van der Waals surface area (Å²) in [4.78, 5) is 26.9. The molecule has 3 aromatic rings. The van der Waals surface area contributed by atoms with Crippen molar-refractivity contribution in [2.45, 2.75) is 26.3 Å². The van der Waals surface area contributed by atoms with Crippen LogP contribution in [-0.2, 0) is 10.3 Å². The number of nitrogens with zero attached hydrogens (tertiary/aromatic N) is 5. The predicted octanol–water partition coefficient (Wildman–Crippen LogP) is 2.13. The number of nitrogens with one attached hydrogen (secondary N) is 1. The number of aryl methyl sites for hydroxylation is 2. The average molecular weight is 406 g/mol. The van der Waals surface area contributed by atoms with Crippen LogP contribution in [0, 0.1) is 13.8 Å². The third kappa shape index (κ3) is 3.61. The van der Waals surface area contributed by atoms with Crippen LogP contribution in [0.3, 0.4) is 0 Å². The second-order valence-corrected chi connectivity index (χ2v) is 7.49. The first-order chi connectivity index (χ1) is 14.4. The molecular weight excluding hydrogens is 384 g/mol. The van der Waals surface area contributed by atoms with Gasteiger partial charge in [0.25, 0.3) is 5.91 Å². The van der Waals surface area contributed by atoms with Crippen LogP contribution in [-0.4, -0.2) is 50.2 Å². The zero-order chi connectivity index (χ0) is 21.3. The first-order valence-electron chi connectivity index (χ1n) is 9.56. The summed E-state index contributed by atoms with van der Waals surface area (Å²) in [6.07, 6.45) is 1.47. The van der Waals surface area contributed by atoms with Crippen molar-refractivity contribution in [2.24, 2.45) is 0 Å². The third-order valence-corrected chi connectivity index (χ3v) is 5.09. The minimum Gasteiger partial charge on any atom is -0.492 e. The summed E-state index contributed by atoms with van der Waals surface area (Å²) < 4.78 is 7.26. The van der Waals surface area contributed by atoms with Gasteiger partial charge in [0.15, 0.2) is 0 Å². The van der Waals surface area contributed by atoms with Crippen molar-refractivity contribution in [1.29, 1.82) is 0 Å². The van der Waals surface area contributed by atoms with E-state index in [-0.39, 0.29) is 19.1 Å². The van der Waals surface area contributed by atoms with E-state index in [4.69, 9.17) is 4.74 Å². The smallest absolute Gasteiger partial charge is 0.325 e. The Labute approximate surface area is 173 Å². The molecule has 0 radical (unpaired) electrons. The molecule has 0 aliphatic carbocycles. The number of ether oxygens (including phenoxy) is 1. The number of amides is 3. The van der Waals surface area contributed by atoms with Crippen molar-refractivity contribution in [3.8, 4) is 11.4 Å². The van der Waals surface area contributed by atoms with Crippen LogP contribution in [0.5, 0.6) is 5.75 Å². The van der Waals surface area contributed by atoms with Gasteiger partial charge in [-0.1, -0.05) is 18.2 Å². The molecule has 2 aromatic carbocycles. The number of carbonyl (C=O) groups is 2. The number of rotatable bonds is 6.